The zero-order valence-electron chi connectivity index (χ0n) is 9.78. The van der Waals surface area contributed by atoms with Gasteiger partial charge in [-0.3, -0.25) is 4.79 Å². The molecule has 2 nitrogen and oxygen atoms in total. The Morgan fingerprint density at radius 3 is 2.00 bits per heavy atom. The summed E-state index contributed by atoms with van der Waals surface area (Å²) in [6, 6.07) is 19.7. The molecule has 0 saturated carbocycles. The van der Waals surface area contributed by atoms with E-state index in [1.807, 2.05) is 67.6 Å². The number of benzene rings is 2. The van der Waals surface area contributed by atoms with Crippen LogP contribution in [0.4, 0.5) is 5.69 Å². The number of para-hydroxylation sites is 1. The van der Waals surface area contributed by atoms with Crippen LogP contribution in [0.15, 0.2) is 60.7 Å². The molecular weight excluding hydrogens is 210 g/mol. The first-order valence-corrected chi connectivity index (χ1v) is 5.66. The molecule has 2 aromatic rings. The van der Waals surface area contributed by atoms with E-state index in [2.05, 4.69) is 0 Å². The van der Waals surface area contributed by atoms with Crippen molar-refractivity contribution in [3.8, 4) is 0 Å². The van der Waals surface area contributed by atoms with Crippen molar-refractivity contribution >= 4 is 12.1 Å². The zero-order chi connectivity index (χ0) is 12.1. The maximum atomic E-state index is 11.2. The molecule has 0 bridgehead atoms. The SMILES string of the molecule is C[C@@H](c1ccccc1)N(C=O)c1ccccc1. The third kappa shape index (κ3) is 2.53. The lowest BCUT2D eigenvalue weighted by atomic mass is 10.1. The Morgan fingerprint density at radius 1 is 0.941 bits per heavy atom. The van der Waals surface area contributed by atoms with Gasteiger partial charge in [-0.15, -0.1) is 0 Å². The molecule has 0 heterocycles. The van der Waals surface area contributed by atoms with Crippen LogP contribution in [0.3, 0.4) is 0 Å². The molecule has 0 N–H and O–H groups in total. The number of nitrogens with zero attached hydrogens (tertiary/aromatic N) is 1. The number of hydrogen-bond donors (Lipinski definition) is 0. The van der Waals surface area contributed by atoms with Crippen molar-refractivity contribution in [3.63, 3.8) is 0 Å². The van der Waals surface area contributed by atoms with Crippen LogP contribution in [0.5, 0.6) is 0 Å². The van der Waals surface area contributed by atoms with Gasteiger partial charge < -0.3 is 4.90 Å². The molecule has 2 rings (SSSR count). The highest BCUT2D eigenvalue weighted by Gasteiger charge is 2.14. The lowest BCUT2D eigenvalue weighted by Gasteiger charge is -2.25. The molecule has 0 spiro atoms. The molecule has 0 aliphatic carbocycles. The highest BCUT2D eigenvalue weighted by atomic mass is 16.1. The van der Waals surface area contributed by atoms with Crippen molar-refractivity contribution in [2.75, 3.05) is 4.90 Å². The molecule has 0 aliphatic heterocycles. The Morgan fingerprint density at radius 2 is 1.47 bits per heavy atom. The molecule has 0 aromatic heterocycles. The predicted molar refractivity (Wildman–Crippen MR) is 69.8 cm³/mol. The van der Waals surface area contributed by atoms with Gasteiger partial charge in [-0.1, -0.05) is 48.5 Å². The van der Waals surface area contributed by atoms with Gasteiger partial charge in [0.05, 0.1) is 6.04 Å². The summed E-state index contributed by atoms with van der Waals surface area (Å²) in [5.41, 5.74) is 2.04. The predicted octanol–water partition coefficient (Wildman–Crippen LogP) is 3.41. The number of amides is 1. The molecule has 0 radical (unpaired) electrons. The van der Waals surface area contributed by atoms with E-state index >= 15 is 0 Å². The topological polar surface area (TPSA) is 20.3 Å². The van der Waals surface area contributed by atoms with E-state index in [1.165, 1.54) is 0 Å². The second-order valence-electron chi connectivity index (χ2n) is 3.93. The van der Waals surface area contributed by atoms with E-state index in [-0.39, 0.29) is 6.04 Å². The maximum Gasteiger partial charge on any atom is 0.214 e. The van der Waals surface area contributed by atoms with Crippen molar-refractivity contribution in [1.29, 1.82) is 0 Å². The first kappa shape index (κ1) is 11.4. The molecule has 0 aliphatic rings. The molecule has 0 saturated heterocycles. The summed E-state index contributed by atoms with van der Waals surface area (Å²) in [6.45, 7) is 2.02. The number of carbonyl (C=O) groups excluding carboxylic acids is 1. The van der Waals surface area contributed by atoms with Gasteiger partial charge in [0.2, 0.25) is 6.41 Å². The fraction of sp³-hybridized carbons (Fsp3) is 0.133. The monoisotopic (exact) mass is 225 g/mol. The lowest BCUT2D eigenvalue weighted by Crippen LogP contribution is -2.24. The van der Waals surface area contributed by atoms with E-state index in [0.29, 0.717) is 0 Å². The van der Waals surface area contributed by atoms with Crippen molar-refractivity contribution < 1.29 is 4.79 Å². The Balaban J connectivity index is 2.28. The second kappa shape index (κ2) is 5.30. The minimum Gasteiger partial charge on any atom is -0.308 e. The van der Waals surface area contributed by atoms with Crippen molar-refractivity contribution in [3.05, 3.63) is 66.2 Å². The summed E-state index contributed by atoms with van der Waals surface area (Å²) < 4.78 is 0. The lowest BCUT2D eigenvalue weighted by molar-refractivity contribution is -0.107. The zero-order valence-corrected chi connectivity index (χ0v) is 9.78. The van der Waals surface area contributed by atoms with E-state index in [0.717, 1.165) is 17.7 Å². The normalized spacial score (nSPS) is 11.8. The van der Waals surface area contributed by atoms with Gasteiger partial charge >= 0.3 is 0 Å². The average molecular weight is 225 g/mol. The van der Waals surface area contributed by atoms with E-state index in [4.69, 9.17) is 0 Å². The fourth-order valence-corrected chi connectivity index (χ4v) is 1.87. The van der Waals surface area contributed by atoms with Gasteiger partial charge in [-0.2, -0.15) is 0 Å². The minimum atomic E-state index is 0.0381. The van der Waals surface area contributed by atoms with Crippen LogP contribution in [-0.4, -0.2) is 6.41 Å². The molecular formula is C15H15NO. The van der Waals surface area contributed by atoms with E-state index < -0.39 is 0 Å². The van der Waals surface area contributed by atoms with Crippen LogP contribution >= 0.6 is 0 Å². The maximum absolute atomic E-state index is 11.2. The third-order valence-corrected chi connectivity index (χ3v) is 2.87. The standard InChI is InChI=1S/C15H15NO/c1-13(14-8-4-2-5-9-14)16(12-17)15-10-6-3-7-11-15/h2-13H,1H3/t13-/m0/s1. The van der Waals surface area contributed by atoms with Crippen molar-refractivity contribution in [2.24, 2.45) is 0 Å². The van der Waals surface area contributed by atoms with Gasteiger partial charge in [0.1, 0.15) is 0 Å². The molecule has 0 unspecified atom stereocenters. The quantitative estimate of drug-likeness (QED) is 0.730. The summed E-state index contributed by atoms with van der Waals surface area (Å²) in [6.07, 6.45) is 0.882. The molecule has 86 valence electrons. The average Bonchev–Trinajstić information content (AvgIpc) is 2.42. The Hall–Kier alpha value is -2.09. The number of hydrogen-bond acceptors (Lipinski definition) is 1. The molecule has 2 heteroatoms. The van der Waals surface area contributed by atoms with E-state index in [9.17, 15) is 4.79 Å². The van der Waals surface area contributed by atoms with Gasteiger partial charge in [0.15, 0.2) is 0 Å². The highest BCUT2D eigenvalue weighted by Crippen LogP contribution is 2.24. The highest BCUT2D eigenvalue weighted by molar-refractivity contribution is 5.76. The minimum absolute atomic E-state index is 0.0381. The summed E-state index contributed by atoms with van der Waals surface area (Å²) in [5.74, 6) is 0. The fourth-order valence-electron chi connectivity index (χ4n) is 1.87. The summed E-state index contributed by atoms with van der Waals surface area (Å²) in [4.78, 5) is 13.0. The Kier molecular flexibility index (Phi) is 3.55. The number of anilines is 1. The first-order valence-electron chi connectivity index (χ1n) is 5.66. The summed E-state index contributed by atoms with van der Waals surface area (Å²) in [7, 11) is 0. The first-order chi connectivity index (χ1) is 8.33. The smallest absolute Gasteiger partial charge is 0.214 e. The van der Waals surface area contributed by atoms with Crippen LogP contribution in [0.25, 0.3) is 0 Å². The van der Waals surface area contributed by atoms with Crippen LogP contribution in [-0.2, 0) is 4.79 Å². The summed E-state index contributed by atoms with van der Waals surface area (Å²) in [5, 5.41) is 0. The van der Waals surface area contributed by atoms with Crippen LogP contribution in [0, 0.1) is 0 Å². The van der Waals surface area contributed by atoms with E-state index in [1.54, 1.807) is 4.90 Å². The molecule has 1 amide bonds. The number of rotatable bonds is 4. The molecule has 1 atom stereocenters. The van der Waals surface area contributed by atoms with Crippen molar-refractivity contribution in [1.82, 2.24) is 0 Å². The molecule has 2 aromatic carbocycles. The molecule has 0 fully saturated rings. The van der Waals surface area contributed by atoms with Crippen molar-refractivity contribution in [2.45, 2.75) is 13.0 Å². The van der Waals surface area contributed by atoms with Gasteiger partial charge in [-0.05, 0) is 24.6 Å². The Labute approximate surface area is 102 Å². The second-order valence-corrected chi connectivity index (χ2v) is 3.93. The van der Waals surface area contributed by atoms with Gasteiger partial charge in [0, 0.05) is 5.69 Å². The van der Waals surface area contributed by atoms with Gasteiger partial charge in [-0.25, -0.2) is 0 Å². The van der Waals surface area contributed by atoms with Gasteiger partial charge in [0.25, 0.3) is 0 Å². The Bertz CT molecular complexity index is 467. The number of carbonyl (C=O) groups is 1. The van der Waals surface area contributed by atoms with Crippen LogP contribution < -0.4 is 4.90 Å². The van der Waals surface area contributed by atoms with Crippen LogP contribution in [0.1, 0.15) is 18.5 Å². The third-order valence-electron chi connectivity index (χ3n) is 2.87. The van der Waals surface area contributed by atoms with Crippen LogP contribution in [0.2, 0.25) is 0 Å². The summed E-state index contributed by atoms with van der Waals surface area (Å²) >= 11 is 0. The largest absolute Gasteiger partial charge is 0.308 e. The molecule has 17 heavy (non-hydrogen) atoms.